The minimum atomic E-state index is -3.90. The standard InChI is InChI=1S/C11H10BrCl2NO4S/c12-7-3-8(13)10(9(14)4-7)20(18,19)15-2-1-6(5-15)11(16)17/h3-4,6H,1-2,5H2,(H,16,17). The van der Waals surface area contributed by atoms with Gasteiger partial charge in [-0.05, 0) is 18.6 Å². The molecule has 1 aromatic rings. The third-order valence-electron chi connectivity index (χ3n) is 3.06. The quantitative estimate of drug-likeness (QED) is 0.843. The van der Waals surface area contributed by atoms with Crippen molar-refractivity contribution in [1.82, 2.24) is 4.31 Å². The van der Waals surface area contributed by atoms with Crippen LogP contribution in [-0.2, 0) is 14.8 Å². The number of hydrogen-bond donors (Lipinski definition) is 1. The number of hydrogen-bond acceptors (Lipinski definition) is 3. The first-order valence-electron chi connectivity index (χ1n) is 5.61. The lowest BCUT2D eigenvalue weighted by molar-refractivity contribution is -0.141. The average molecular weight is 403 g/mol. The van der Waals surface area contributed by atoms with Gasteiger partial charge in [-0.15, -0.1) is 0 Å². The highest BCUT2D eigenvalue weighted by atomic mass is 79.9. The third-order valence-corrected chi connectivity index (χ3v) is 6.31. The van der Waals surface area contributed by atoms with Crippen LogP contribution in [0.3, 0.4) is 0 Å². The van der Waals surface area contributed by atoms with Gasteiger partial charge >= 0.3 is 5.97 Å². The Hall–Kier alpha value is -0.340. The van der Waals surface area contributed by atoms with Crippen LogP contribution in [0.1, 0.15) is 6.42 Å². The Bertz CT molecular complexity index is 641. The van der Waals surface area contributed by atoms with Gasteiger partial charge in [-0.25, -0.2) is 8.42 Å². The molecule has 1 unspecified atom stereocenters. The van der Waals surface area contributed by atoms with Gasteiger partial charge in [0, 0.05) is 17.6 Å². The molecule has 0 radical (unpaired) electrons. The summed E-state index contributed by atoms with van der Waals surface area (Å²) >= 11 is 15.1. The molecule has 0 aliphatic carbocycles. The van der Waals surface area contributed by atoms with Crippen LogP contribution in [-0.4, -0.2) is 36.9 Å². The fourth-order valence-corrected chi connectivity index (χ4v) is 5.44. The zero-order valence-electron chi connectivity index (χ0n) is 10.0. The second-order valence-electron chi connectivity index (χ2n) is 4.39. The van der Waals surface area contributed by atoms with Gasteiger partial charge in [-0.2, -0.15) is 4.31 Å². The fourth-order valence-electron chi connectivity index (χ4n) is 2.05. The van der Waals surface area contributed by atoms with Crippen LogP contribution in [0.5, 0.6) is 0 Å². The lowest BCUT2D eigenvalue weighted by Gasteiger charge is -2.18. The van der Waals surface area contributed by atoms with Crippen molar-refractivity contribution >= 4 is 55.1 Å². The van der Waals surface area contributed by atoms with Gasteiger partial charge in [0.05, 0.1) is 16.0 Å². The number of sulfonamides is 1. The Balaban J connectivity index is 2.40. The number of halogens is 3. The largest absolute Gasteiger partial charge is 0.481 e. The van der Waals surface area contributed by atoms with E-state index in [4.69, 9.17) is 28.3 Å². The molecule has 1 saturated heterocycles. The number of carboxylic acids is 1. The first-order chi connectivity index (χ1) is 9.23. The summed E-state index contributed by atoms with van der Waals surface area (Å²) in [5.74, 6) is -1.70. The van der Waals surface area contributed by atoms with Crippen molar-refractivity contribution in [3.8, 4) is 0 Å². The van der Waals surface area contributed by atoms with E-state index in [1.54, 1.807) is 0 Å². The highest BCUT2D eigenvalue weighted by molar-refractivity contribution is 9.10. The van der Waals surface area contributed by atoms with Crippen LogP contribution < -0.4 is 0 Å². The van der Waals surface area contributed by atoms with Gasteiger partial charge in [0.25, 0.3) is 0 Å². The Morgan fingerprint density at radius 1 is 1.35 bits per heavy atom. The zero-order valence-corrected chi connectivity index (χ0v) is 13.9. The highest BCUT2D eigenvalue weighted by Gasteiger charge is 2.37. The van der Waals surface area contributed by atoms with E-state index in [-0.39, 0.29) is 34.5 Å². The van der Waals surface area contributed by atoms with Crippen molar-refractivity contribution < 1.29 is 18.3 Å². The summed E-state index contributed by atoms with van der Waals surface area (Å²) in [6, 6.07) is 2.87. The molecule has 0 saturated carbocycles. The Morgan fingerprint density at radius 2 is 1.90 bits per heavy atom. The second kappa shape index (κ2) is 5.81. The third kappa shape index (κ3) is 2.96. The average Bonchev–Trinajstić information content (AvgIpc) is 2.76. The molecule has 1 N–H and O–H groups in total. The molecular formula is C11H10BrCl2NO4S. The van der Waals surface area contributed by atoms with E-state index in [1.165, 1.54) is 12.1 Å². The van der Waals surface area contributed by atoms with Gasteiger partial charge in [0.15, 0.2) is 0 Å². The van der Waals surface area contributed by atoms with Crippen LogP contribution in [0.25, 0.3) is 0 Å². The van der Waals surface area contributed by atoms with Gasteiger partial charge in [0.2, 0.25) is 10.0 Å². The molecule has 20 heavy (non-hydrogen) atoms. The number of nitrogens with zero attached hydrogens (tertiary/aromatic N) is 1. The molecule has 1 aromatic carbocycles. The summed E-state index contributed by atoms with van der Waals surface area (Å²) in [4.78, 5) is 10.7. The minimum Gasteiger partial charge on any atom is -0.481 e. The van der Waals surface area contributed by atoms with Crippen molar-refractivity contribution in [3.63, 3.8) is 0 Å². The summed E-state index contributed by atoms with van der Waals surface area (Å²) in [7, 11) is -3.90. The van der Waals surface area contributed by atoms with E-state index in [2.05, 4.69) is 15.9 Å². The molecule has 1 atom stereocenters. The van der Waals surface area contributed by atoms with Crippen molar-refractivity contribution in [2.75, 3.05) is 13.1 Å². The van der Waals surface area contributed by atoms with E-state index < -0.39 is 21.9 Å². The van der Waals surface area contributed by atoms with Crippen LogP contribution in [0, 0.1) is 5.92 Å². The molecule has 9 heteroatoms. The Morgan fingerprint density at radius 3 is 2.35 bits per heavy atom. The highest BCUT2D eigenvalue weighted by Crippen LogP contribution is 2.36. The van der Waals surface area contributed by atoms with Crippen molar-refractivity contribution in [2.24, 2.45) is 5.92 Å². The molecular weight excluding hydrogens is 393 g/mol. The molecule has 0 bridgehead atoms. The lowest BCUT2D eigenvalue weighted by atomic mass is 10.1. The normalized spacial score (nSPS) is 20.2. The number of aliphatic carboxylic acids is 1. The minimum absolute atomic E-state index is 0.00292. The SMILES string of the molecule is O=C(O)C1CCN(S(=O)(=O)c2c(Cl)cc(Br)cc2Cl)C1. The van der Waals surface area contributed by atoms with Crippen LogP contribution in [0.15, 0.2) is 21.5 Å². The van der Waals surface area contributed by atoms with E-state index in [0.29, 0.717) is 4.47 Å². The second-order valence-corrected chi connectivity index (χ2v) is 7.99. The molecule has 0 spiro atoms. The Labute approximate surface area is 134 Å². The summed E-state index contributed by atoms with van der Waals surface area (Å²) < 4.78 is 26.7. The van der Waals surface area contributed by atoms with Gasteiger partial charge in [0.1, 0.15) is 4.90 Å². The maximum absolute atomic E-state index is 12.5. The van der Waals surface area contributed by atoms with Crippen molar-refractivity contribution in [3.05, 3.63) is 26.7 Å². The van der Waals surface area contributed by atoms with Gasteiger partial charge in [-0.1, -0.05) is 39.1 Å². The van der Waals surface area contributed by atoms with Crippen LogP contribution in [0.4, 0.5) is 0 Å². The van der Waals surface area contributed by atoms with E-state index in [9.17, 15) is 13.2 Å². The molecule has 1 heterocycles. The summed E-state index contributed by atoms with van der Waals surface area (Å²) in [6.45, 7) is 0.0718. The molecule has 110 valence electrons. The predicted octanol–water partition coefficient (Wildman–Crippen LogP) is 2.85. The van der Waals surface area contributed by atoms with Gasteiger partial charge in [-0.3, -0.25) is 4.79 Å². The number of rotatable bonds is 3. The zero-order chi connectivity index (χ0) is 15.1. The van der Waals surface area contributed by atoms with E-state index in [0.717, 1.165) is 4.31 Å². The maximum Gasteiger partial charge on any atom is 0.307 e. The topological polar surface area (TPSA) is 74.7 Å². The number of benzene rings is 1. The smallest absolute Gasteiger partial charge is 0.307 e. The summed E-state index contributed by atoms with van der Waals surface area (Å²) in [5, 5.41) is 8.94. The molecule has 1 aliphatic rings. The van der Waals surface area contributed by atoms with Crippen LogP contribution >= 0.6 is 39.1 Å². The van der Waals surface area contributed by atoms with E-state index in [1.807, 2.05) is 0 Å². The fraction of sp³-hybridized carbons (Fsp3) is 0.364. The molecule has 1 fully saturated rings. The van der Waals surface area contributed by atoms with Gasteiger partial charge < -0.3 is 5.11 Å². The first kappa shape index (κ1) is 16.0. The van der Waals surface area contributed by atoms with Crippen molar-refractivity contribution in [1.29, 1.82) is 0 Å². The molecule has 0 amide bonds. The van der Waals surface area contributed by atoms with Crippen LogP contribution in [0.2, 0.25) is 10.0 Å². The Kier molecular flexibility index (Phi) is 4.66. The first-order valence-corrected chi connectivity index (χ1v) is 8.60. The predicted molar refractivity (Wildman–Crippen MR) is 78.7 cm³/mol. The van der Waals surface area contributed by atoms with E-state index >= 15 is 0 Å². The number of carbonyl (C=O) groups is 1. The molecule has 2 rings (SSSR count). The molecule has 1 aliphatic heterocycles. The van der Waals surface area contributed by atoms with Crippen molar-refractivity contribution in [2.45, 2.75) is 11.3 Å². The molecule has 5 nitrogen and oxygen atoms in total. The maximum atomic E-state index is 12.5. The monoisotopic (exact) mass is 401 g/mol. The lowest BCUT2D eigenvalue weighted by Crippen LogP contribution is -2.30. The summed E-state index contributed by atoms with van der Waals surface area (Å²) in [5.41, 5.74) is 0. The number of carboxylic acid groups (broad SMARTS) is 1. The summed E-state index contributed by atoms with van der Waals surface area (Å²) in [6.07, 6.45) is 0.278. The molecule has 0 aromatic heterocycles.